The largest absolute Gasteiger partial charge is 0.489 e. The van der Waals surface area contributed by atoms with Gasteiger partial charge in [-0.25, -0.2) is 9.97 Å². The Labute approximate surface area is 219 Å². The number of aromatic nitrogens is 3. The lowest BCUT2D eigenvalue weighted by Gasteiger charge is -2.23. The summed E-state index contributed by atoms with van der Waals surface area (Å²) in [6, 6.07) is 12.3. The summed E-state index contributed by atoms with van der Waals surface area (Å²) < 4.78 is 16.6. The van der Waals surface area contributed by atoms with Crippen LogP contribution < -0.4 is 20.1 Å². The number of hydrogen-bond donors (Lipinski definition) is 4. The van der Waals surface area contributed by atoms with Crippen LogP contribution in [0.3, 0.4) is 0 Å². The summed E-state index contributed by atoms with van der Waals surface area (Å²) in [7, 11) is 1.38. The van der Waals surface area contributed by atoms with Gasteiger partial charge in [-0.05, 0) is 36.4 Å². The van der Waals surface area contributed by atoms with Gasteiger partial charge in [-0.15, -0.1) is 0 Å². The molecule has 3 heterocycles. The molecule has 4 N–H and O–H groups in total. The van der Waals surface area contributed by atoms with Crippen molar-refractivity contribution in [1.82, 2.24) is 20.3 Å². The number of pyridine rings is 1. The number of methoxy groups -OCH3 is 1. The molecule has 0 radical (unpaired) electrons. The molecule has 1 fully saturated rings. The smallest absolute Gasteiger partial charge is 0.256 e. The normalized spacial score (nSPS) is 14.3. The van der Waals surface area contributed by atoms with Crippen LogP contribution in [0.4, 0.5) is 11.8 Å². The number of ether oxygens (including phenoxy) is 3. The number of hydrogen-bond acceptors (Lipinski definition) is 11. The monoisotopic (exact) mass is 520 g/mol. The molecular weight excluding hydrogens is 492 g/mol. The van der Waals surface area contributed by atoms with Gasteiger partial charge in [0.2, 0.25) is 11.8 Å². The molecule has 0 bridgehead atoms. The van der Waals surface area contributed by atoms with E-state index in [9.17, 15) is 15.2 Å². The number of aliphatic hydroxyl groups excluding tert-OH is 2. The first-order valence-electron chi connectivity index (χ1n) is 12.0. The van der Waals surface area contributed by atoms with Crippen LogP contribution in [-0.4, -0.2) is 76.8 Å². The van der Waals surface area contributed by atoms with Crippen molar-refractivity contribution in [1.29, 1.82) is 5.26 Å². The first-order chi connectivity index (χ1) is 18.5. The van der Waals surface area contributed by atoms with Gasteiger partial charge in [-0.3, -0.25) is 4.79 Å². The number of carbonyl (C=O) groups excluding carboxylic acids is 1. The molecule has 2 aromatic heterocycles. The van der Waals surface area contributed by atoms with Crippen LogP contribution in [0.15, 0.2) is 42.6 Å². The topological polar surface area (TPSA) is 172 Å². The van der Waals surface area contributed by atoms with Gasteiger partial charge in [0.15, 0.2) is 0 Å². The molecule has 12 nitrogen and oxygen atoms in total. The average molecular weight is 521 g/mol. The molecule has 38 heavy (non-hydrogen) atoms. The molecule has 0 unspecified atom stereocenters. The number of amides is 1. The molecule has 1 atom stereocenters. The zero-order valence-electron chi connectivity index (χ0n) is 20.8. The van der Waals surface area contributed by atoms with Crippen LogP contribution >= 0.6 is 0 Å². The minimum absolute atomic E-state index is 0.0191. The summed E-state index contributed by atoms with van der Waals surface area (Å²) in [5, 5.41) is 33.5. The summed E-state index contributed by atoms with van der Waals surface area (Å²) in [5.41, 5.74) is 1.87. The van der Waals surface area contributed by atoms with E-state index in [1.807, 2.05) is 6.07 Å². The Hall–Kier alpha value is -4.31. The van der Waals surface area contributed by atoms with Crippen molar-refractivity contribution >= 4 is 17.7 Å². The number of nitriles is 1. The van der Waals surface area contributed by atoms with Crippen molar-refractivity contribution in [2.45, 2.75) is 25.0 Å². The van der Waals surface area contributed by atoms with E-state index in [2.05, 4.69) is 31.7 Å². The molecule has 0 spiro atoms. The Bertz CT molecular complexity index is 1310. The third kappa shape index (κ3) is 6.71. The molecule has 1 saturated heterocycles. The van der Waals surface area contributed by atoms with Crippen molar-refractivity contribution in [2.24, 2.45) is 0 Å². The Morgan fingerprint density at radius 1 is 1.24 bits per heavy atom. The second-order valence-corrected chi connectivity index (χ2v) is 8.44. The summed E-state index contributed by atoms with van der Waals surface area (Å²) in [5.74, 6) is 0.664. The van der Waals surface area contributed by atoms with Crippen molar-refractivity contribution < 1.29 is 29.2 Å². The highest BCUT2D eigenvalue weighted by Gasteiger charge is 2.18. The van der Waals surface area contributed by atoms with Gasteiger partial charge in [-0.1, -0.05) is 0 Å². The van der Waals surface area contributed by atoms with E-state index in [4.69, 9.17) is 19.3 Å². The van der Waals surface area contributed by atoms with Crippen LogP contribution in [0, 0.1) is 11.3 Å². The zero-order chi connectivity index (χ0) is 26.9. The van der Waals surface area contributed by atoms with Crippen molar-refractivity contribution in [3.8, 4) is 29.0 Å². The number of nitrogens with one attached hydrogen (secondary N) is 2. The minimum atomic E-state index is -1.07. The van der Waals surface area contributed by atoms with Crippen molar-refractivity contribution in [3.63, 3.8) is 0 Å². The van der Waals surface area contributed by atoms with Gasteiger partial charge >= 0.3 is 0 Å². The molecule has 0 saturated carbocycles. The third-order valence-electron chi connectivity index (χ3n) is 5.76. The molecule has 198 valence electrons. The predicted molar refractivity (Wildman–Crippen MR) is 136 cm³/mol. The SMILES string of the molecule is COc1nc(Nc2nccc(-c3ccc(OC4CCOCC4)c(C#N)c3)n2)ccc1C(=O)NC[C@H](O)CO. The fourth-order valence-electron chi connectivity index (χ4n) is 3.76. The maximum atomic E-state index is 12.4. The summed E-state index contributed by atoms with van der Waals surface area (Å²) in [6.07, 6.45) is 2.10. The Kier molecular flexibility index (Phi) is 8.99. The second-order valence-electron chi connectivity index (χ2n) is 8.44. The molecule has 1 aromatic carbocycles. The zero-order valence-corrected chi connectivity index (χ0v) is 20.8. The lowest BCUT2D eigenvalue weighted by Crippen LogP contribution is -2.34. The van der Waals surface area contributed by atoms with Crippen molar-refractivity contribution in [3.05, 3.63) is 53.7 Å². The Morgan fingerprint density at radius 3 is 2.79 bits per heavy atom. The van der Waals surface area contributed by atoms with Crippen LogP contribution in [0.25, 0.3) is 11.3 Å². The highest BCUT2D eigenvalue weighted by atomic mass is 16.5. The van der Waals surface area contributed by atoms with E-state index in [-0.39, 0.29) is 30.0 Å². The second kappa shape index (κ2) is 12.8. The Morgan fingerprint density at radius 2 is 2.05 bits per heavy atom. The highest BCUT2D eigenvalue weighted by molar-refractivity contribution is 5.96. The molecule has 4 rings (SSSR count). The maximum absolute atomic E-state index is 12.4. The fourth-order valence-corrected chi connectivity index (χ4v) is 3.76. The average Bonchev–Trinajstić information content (AvgIpc) is 2.96. The standard InChI is InChI=1S/C26H28N6O6/c1-36-25-20(24(35)29-14-18(34)15-33)3-5-23(31-25)32-26-28-9-6-21(30-26)16-2-4-22(17(12-16)13-27)38-19-7-10-37-11-8-19/h2-6,9,12,18-19,33-34H,7-8,10-11,14-15H2,1H3,(H,29,35)(H,28,30,31,32)/t18-/m0/s1. The summed E-state index contributed by atoms with van der Waals surface area (Å²) in [4.78, 5) is 25.5. The van der Waals surface area contributed by atoms with E-state index in [0.29, 0.717) is 41.6 Å². The number of rotatable bonds is 10. The van der Waals surface area contributed by atoms with E-state index < -0.39 is 18.6 Å². The lowest BCUT2D eigenvalue weighted by molar-refractivity contribution is 0.0254. The van der Waals surface area contributed by atoms with E-state index in [1.165, 1.54) is 13.2 Å². The van der Waals surface area contributed by atoms with Crippen LogP contribution in [0.1, 0.15) is 28.8 Å². The van der Waals surface area contributed by atoms with Gasteiger partial charge in [0, 0.05) is 31.1 Å². The van der Waals surface area contributed by atoms with Gasteiger partial charge in [-0.2, -0.15) is 10.2 Å². The fraction of sp³-hybridized carbons (Fsp3) is 0.346. The maximum Gasteiger partial charge on any atom is 0.256 e. The first kappa shape index (κ1) is 26.7. The molecule has 1 amide bonds. The number of nitrogens with zero attached hydrogens (tertiary/aromatic N) is 4. The van der Waals surface area contributed by atoms with E-state index in [0.717, 1.165) is 12.8 Å². The number of benzene rings is 1. The highest BCUT2D eigenvalue weighted by Crippen LogP contribution is 2.28. The van der Waals surface area contributed by atoms with Gasteiger partial charge in [0.25, 0.3) is 5.91 Å². The van der Waals surface area contributed by atoms with E-state index in [1.54, 1.807) is 30.5 Å². The van der Waals surface area contributed by atoms with Crippen molar-refractivity contribution in [2.75, 3.05) is 38.8 Å². The molecule has 1 aliphatic rings. The molecule has 0 aliphatic carbocycles. The van der Waals surface area contributed by atoms with Gasteiger partial charge in [0.1, 0.15) is 29.3 Å². The minimum Gasteiger partial charge on any atom is -0.489 e. The van der Waals surface area contributed by atoms with Gasteiger partial charge < -0.3 is 35.1 Å². The number of anilines is 2. The van der Waals surface area contributed by atoms with Gasteiger partial charge in [0.05, 0.1) is 44.3 Å². The first-order valence-corrected chi connectivity index (χ1v) is 12.0. The Balaban J connectivity index is 1.49. The third-order valence-corrected chi connectivity index (χ3v) is 5.76. The molecule has 12 heteroatoms. The summed E-state index contributed by atoms with van der Waals surface area (Å²) >= 11 is 0. The van der Waals surface area contributed by atoms with Crippen LogP contribution in [0.2, 0.25) is 0 Å². The molecule has 1 aliphatic heterocycles. The number of aliphatic hydroxyl groups is 2. The van der Waals surface area contributed by atoms with E-state index >= 15 is 0 Å². The summed E-state index contributed by atoms with van der Waals surface area (Å²) in [6.45, 7) is 0.707. The lowest BCUT2D eigenvalue weighted by atomic mass is 10.1. The predicted octanol–water partition coefficient (Wildman–Crippen LogP) is 1.80. The quantitative estimate of drug-likeness (QED) is 0.307. The number of carbonyl (C=O) groups is 1. The van der Waals surface area contributed by atoms with Crippen LogP contribution in [0.5, 0.6) is 11.6 Å². The molecule has 3 aromatic rings. The van der Waals surface area contributed by atoms with Crippen LogP contribution in [-0.2, 0) is 4.74 Å². The molecular formula is C26H28N6O6.